The number of ketones is 1. The number of fused-ring (bicyclic) bond motifs is 2. The molecule has 6 heteroatoms. The summed E-state index contributed by atoms with van der Waals surface area (Å²) in [4.78, 5) is 32.4. The number of allylic oxidation sites excluding steroid dienone is 2. The minimum Gasteiger partial charge on any atom is -0.347 e. The molecule has 0 N–H and O–H groups in total. The average molecular weight is 420 g/mol. The third-order valence-corrected chi connectivity index (χ3v) is 6.72. The second kappa shape index (κ2) is 7.76. The summed E-state index contributed by atoms with van der Waals surface area (Å²) >= 11 is 1.32. The molecule has 154 valence electrons. The lowest BCUT2D eigenvalue weighted by molar-refractivity contribution is -0.112. The zero-order valence-corrected chi connectivity index (χ0v) is 18.5. The molecule has 2 heterocycles. The Morgan fingerprint density at radius 1 is 1.13 bits per heavy atom. The van der Waals surface area contributed by atoms with Crippen LogP contribution in [0.1, 0.15) is 26.3 Å². The number of rotatable bonds is 5. The summed E-state index contributed by atoms with van der Waals surface area (Å²) in [5, 5.41) is 1.18. The lowest BCUT2D eigenvalue weighted by atomic mass is 9.83. The van der Waals surface area contributed by atoms with Crippen molar-refractivity contribution >= 4 is 34.1 Å². The van der Waals surface area contributed by atoms with Crippen LogP contribution in [0, 0.1) is 0 Å². The summed E-state index contributed by atoms with van der Waals surface area (Å²) in [7, 11) is 2.00. The quantitative estimate of drug-likeness (QED) is 0.349. The molecule has 3 aromatic rings. The van der Waals surface area contributed by atoms with Gasteiger partial charge in [-0.2, -0.15) is 0 Å². The van der Waals surface area contributed by atoms with E-state index in [-0.39, 0.29) is 22.5 Å². The zero-order valence-electron chi connectivity index (χ0n) is 17.7. The Hall–Kier alpha value is -2.86. The van der Waals surface area contributed by atoms with Crippen LogP contribution < -0.4 is 10.5 Å². The number of carbonyl (C=O) groups is 1. The number of hydrogen-bond acceptors (Lipinski definition) is 5. The first kappa shape index (κ1) is 20.4. The van der Waals surface area contributed by atoms with E-state index in [0.717, 1.165) is 11.4 Å². The highest BCUT2D eigenvalue weighted by molar-refractivity contribution is 7.99. The van der Waals surface area contributed by atoms with E-state index in [0.29, 0.717) is 22.6 Å². The highest BCUT2D eigenvalue weighted by Gasteiger charge is 2.38. The Balaban J connectivity index is 1.60. The molecule has 1 aromatic heterocycles. The predicted molar refractivity (Wildman–Crippen MR) is 123 cm³/mol. The topological polar surface area (TPSA) is 55.2 Å². The number of carbonyl (C=O) groups excluding carboxylic acids is 1. The van der Waals surface area contributed by atoms with Crippen LogP contribution in [0.15, 0.2) is 70.3 Å². The van der Waals surface area contributed by atoms with Crippen molar-refractivity contribution in [1.29, 1.82) is 0 Å². The SMILES string of the molecule is CCn1c(SCC(=O)/C=C2/N(C)c3ccccc3C2(C)C)nc2ccccc2c1=O. The largest absolute Gasteiger partial charge is 0.347 e. The first-order chi connectivity index (χ1) is 14.3. The van der Waals surface area contributed by atoms with Crippen molar-refractivity contribution in [2.45, 2.75) is 37.9 Å². The van der Waals surface area contributed by atoms with Crippen molar-refractivity contribution in [1.82, 2.24) is 9.55 Å². The number of thioether (sulfide) groups is 1. The Labute approximate surface area is 180 Å². The molecule has 1 aliphatic heterocycles. The highest BCUT2D eigenvalue weighted by atomic mass is 32.2. The van der Waals surface area contributed by atoms with Gasteiger partial charge in [0.2, 0.25) is 0 Å². The second-order valence-corrected chi connectivity index (χ2v) is 8.89. The summed E-state index contributed by atoms with van der Waals surface area (Å²) in [5.74, 6) is 0.238. The van der Waals surface area contributed by atoms with E-state index in [1.54, 1.807) is 16.7 Å². The second-order valence-electron chi connectivity index (χ2n) is 7.95. The van der Waals surface area contributed by atoms with Crippen LogP contribution in [0.2, 0.25) is 0 Å². The molecule has 0 radical (unpaired) electrons. The van der Waals surface area contributed by atoms with E-state index >= 15 is 0 Å². The molecular weight excluding hydrogens is 394 g/mol. The molecule has 2 aromatic carbocycles. The van der Waals surface area contributed by atoms with Gasteiger partial charge in [-0.15, -0.1) is 0 Å². The Bertz CT molecular complexity index is 1230. The van der Waals surface area contributed by atoms with Crippen molar-refractivity contribution in [3.8, 4) is 0 Å². The summed E-state index contributed by atoms with van der Waals surface area (Å²) in [5.41, 5.74) is 3.68. The number of anilines is 1. The molecule has 0 saturated heterocycles. The Kier molecular flexibility index (Phi) is 5.28. The van der Waals surface area contributed by atoms with Gasteiger partial charge < -0.3 is 4.90 Å². The van der Waals surface area contributed by atoms with Gasteiger partial charge >= 0.3 is 0 Å². The third kappa shape index (κ3) is 3.35. The van der Waals surface area contributed by atoms with Gasteiger partial charge in [0.15, 0.2) is 10.9 Å². The van der Waals surface area contributed by atoms with Gasteiger partial charge in [-0.25, -0.2) is 4.98 Å². The molecule has 0 spiro atoms. The molecule has 1 aliphatic rings. The third-order valence-electron chi connectivity index (χ3n) is 5.72. The van der Waals surface area contributed by atoms with Gasteiger partial charge in [0.05, 0.1) is 16.7 Å². The lowest BCUT2D eigenvalue weighted by Crippen LogP contribution is -2.24. The van der Waals surface area contributed by atoms with E-state index in [1.807, 2.05) is 44.3 Å². The molecule has 0 saturated carbocycles. The zero-order chi connectivity index (χ0) is 21.5. The molecule has 0 amide bonds. The van der Waals surface area contributed by atoms with Gasteiger partial charge in [0.25, 0.3) is 5.56 Å². The molecule has 0 unspecified atom stereocenters. The number of nitrogens with zero attached hydrogens (tertiary/aromatic N) is 3. The monoisotopic (exact) mass is 419 g/mol. The van der Waals surface area contributed by atoms with E-state index in [9.17, 15) is 9.59 Å². The highest BCUT2D eigenvalue weighted by Crippen LogP contribution is 2.46. The fourth-order valence-corrected chi connectivity index (χ4v) is 5.01. The number of benzene rings is 2. The van der Waals surface area contributed by atoms with Gasteiger partial charge in [-0.1, -0.05) is 55.9 Å². The molecule has 0 fully saturated rings. The summed E-state index contributed by atoms with van der Waals surface area (Å²) in [6, 6.07) is 15.6. The van der Waals surface area contributed by atoms with Crippen LogP contribution in [-0.4, -0.2) is 28.1 Å². The van der Waals surface area contributed by atoms with Crippen LogP contribution in [0.5, 0.6) is 0 Å². The molecule has 30 heavy (non-hydrogen) atoms. The minimum absolute atomic E-state index is 0.00721. The fourth-order valence-electron chi connectivity index (χ4n) is 4.13. The average Bonchev–Trinajstić information content (AvgIpc) is 2.93. The summed E-state index contributed by atoms with van der Waals surface area (Å²) < 4.78 is 1.63. The van der Waals surface area contributed by atoms with E-state index < -0.39 is 0 Å². The van der Waals surface area contributed by atoms with Gasteiger partial charge in [0.1, 0.15) is 0 Å². The Morgan fingerprint density at radius 3 is 2.57 bits per heavy atom. The van der Waals surface area contributed by atoms with E-state index in [4.69, 9.17) is 0 Å². The number of para-hydroxylation sites is 2. The van der Waals surface area contributed by atoms with Crippen molar-refractivity contribution in [3.05, 3.63) is 76.2 Å². The molecule has 0 bridgehead atoms. The number of hydrogen-bond donors (Lipinski definition) is 0. The van der Waals surface area contributed by atoms with Crippen LogP contribution >= 0.6 is 11.8 Å². The number of aromatic nitrogens is 2. The molecular formula is C24H25N3O2S. The van der Waals surface area contributed by atoms with Crippen molar-refractivity contribution in [3.63, 3.8) is 0 Å². The minimum atomic E-state index is -0.238. The smallest absolute Gasteiger partial charge is 0.262 e. The van der Waals surface area contributed by atoms with Crippen LogP contribution in [0.3, 0.4) is 0 Å². The van der Waals surface area contributed by atoms with E-state index in [1.165, 1.54) is 17.3 Å². The van der Waals surface area contributed by atoms with Crippen molar-refractivity contribution in [2.24, 2.45) is 0 Å². The first-order valence-corrected chi connectivity index (χ1v) is 11.0. The molecule has 4 rings (SSSR count). The number of likely N-dealkylation sites (N-methyl/N-ethyl adjacent to an activating group) is 1. The van der Waals surface area contributed by atoms with Crippen LogP contribution in [0.25, 0.3) is 10.9 Å². The van der Waals surface area contributed by atoms with Crippen LogP contribution in [0.4, 0.5) is 5.69 Å². The van der Waals surface area contributed by atoms with Crippen molar-refractivity contribution < 1.29 is 4.79 Å². The lowest BCUT2D eigenvalue weighted by Gasteiger charge is -2.24. The maximum Gasteiger partial charge on any atom is 0.262 e. The Morgan fingerprint density at radius 2 is 1.83 bits per heavy atom. The predicted octanol–water partition coefficient (Wildman–Crippen LogP) is 4.39. The molecule has 5 nitrogen and oxygen atoms in total. The summed E-state index contributed by atoms with van der Waals surface area (Å²) in [6.07, 6.45) is 1.74. The molecule has 0 atom stereocenters. The van der Waals surface area contributed by atoms with Gasteiger partial charge in [0, 0.05) is 36.5 Å². The molecule has 0 aliphatic carbocycles. The van der Waals surface area contributed by atoms with Gasteiger partial charge in [-0.05, 0) is 30.7 Å². The standard InChI is InChI=1S/C24H25N3O2S/c1-5-27-22(29)17-10-6-8-12-19(17)25-23(27)30-15-16(28)14-21-24(2,3)18-11-7-9-13-20(18)26(21)4/h6-14H,5,15H2,1-4H3/b21-14+. The van der Waals surface area contributed by atoms with Gasteiger partial charge in [-0.3, -0.25) is 14.2 Å². The fraction of sp³-hybridized carbons (Fsp3) is 0.292. The first-order valence-electron chi connectivity index (χ1n) is 10.0. The van der Waals surface area contributed by atoms with Crippen LogP contribution in [-0.2, 0) is 16.8 Å². The normalized spacial score (nSPS) is 16.3. The van der Waals surface area contributed by atoms with E-state index in [2.05, 4.69) is 35.9 Å². The summed E-state index contributed by atoms with van der Waals surface area (Å²) in [6.45, 7) is 6.71. The maximum atomic E-state index is 12.9. The maximum absolute atomic E-state index is 12.9. The van der Waals surface area contributed by atoms with Crippen molar-refractivity contribution in [2.75, 3.05) is 17.7 Å².